The minimum atomic E-state index is 0.0483. The van der Waals surface area contributed by atoms with E-state index in [0.29, 0.717) is 18.5 Å². The van der Waals surface area contributed by atoms with Crippen molar-refractivity contribution in [2.45, 2.75) is 57.4 Å². The van der Waals surface area contributed by atoms with Crippen molar-refractivity contribution in [3.05, 3.63) is 52.9 Å². The molecule has 2 bridgehead atoms. The average molecular weight is 475 g/mol. The Bertz CT molecular complexity index is 1230. The highest BCUT2D eigenvalue weighted by molar-refractivity contribution is 5.76. The molecule has 3 atom stereocenters. The van der Waals surface area contributed by atoms with E-state index in [4.69, 9.17) is 10.1 Å². The molecule has 3 N–H and O–H groups in total. The molecule has 3 unspecified atom stereocenters. The first-order chi connectivity index (χ1) is 17.2. The second-order valence-electron chi connectivity index (χ2n) is 10.9. The summed E-state index contributed by atoms with van der Waals surface area (Å²) in [6, 6.07) is 12.4. The molecule has 1 saturated heterocycles. The van der Waals surface area contributed by atoms with Gasteiger partial charge in [0.05, 0.1) is 13.1 Å². The second kappa shape index (κ2) is 9.70. The molecule has 3 aliphatic rings. The van der Waals surface area contributed by atoms with Crippen LogP contribution in [0.3, 0.4) is 0 Å². The maximum Gasteiger partial charge on any atom is 0.252 e. The predicted molar refractivity (Wildman–Crippen MR) is 137 cm³/mol. The molecule has 184 valence electrons. The number of pyridine rings is 1. The molecule has 35 heavy (non-hydrogen) atoms. The molecule has 2 aromatic heterocycles. The van der Waals surface area contributed by atoms with E-state index in [1.54, 1.807) is 6.07 Å². The number of aliphatic hydroxyl groups excluding tert-OH is 1. The van der Waals surface area contributed by atoms with Gasteiger partial charge in [-0.15, -0.1) is 0 Å². The fraction of sp³-hybridized carbons (Fsp3) is 0.536. The van der Waals surface area contributed by atoms with Gasteiger partial charge in [0.15, 0.2) is 0 Å². The van der Waals surface area contributed by atoms with E-state index in [9.17, 15) is 4.79 Å². The van der Waals surface area contributed by atoms with Crippen LogP contribution in [0, 0.1) is 17.8 Å². The number of nitrogens with zero attached hydrogens (tertiary/aromatic N) is 3. The summed E-state index contributed by atoms with van der Waals surface area (Å²) in [7, 11) is 0. The summed E-state index contributed by atoms with van der Waals surface area (Å²) in [5, 5.41) is 13.3. The second-order valence-corrected chi connectivity index (χ2v) is 10.9. The van der Waals surface area contributed by atoms with Crippen molar-refractivity contribution in [1.29, 1.82) is 0 Å². The standard InChI is InChI=1S/C28H35N5O2/c34-15-1-2-19-11-13-32(14-12-19)24-8-6-23(7-9-24)30-28-29-18-22-5-10-26(35)33(27(22)31-28)25-17-20-3-4-21(25)16-20/h5-10,18-21,25,34H,1-4,11-17H2,(H,29,30,31)/p+1. The Labute approximate surface area is 206 Å². The number of benzene rings is 1. The topological polar surface area (TPSA) is 84.5 Å². The summed E-state index contributed by atoms with van der Waals surface area (Å²) in [5.41, 5.74) is 3.07. The number of nitrogens with one attached hydrogen (secondary N) is 2. The van der Waals surface area contributed by atoms with Crippen LogP contribution in [0.2, 0.25) is 0 Å². The lowest BCUT2D eigenvalue weighted by Crippen LogP contribution is -3.08. The predicted octanol–water partition coefficient (Wildman–Crippen LogP) is 3.60. The minimum Gasteiger partial charge on any atom is -0.396 e. The first kappa shape index (κ1) is 22.7. The molecule has 0 radical (unpaired) electrons. The van der Waals surface area contributed by atoms with E-state index >= 15 is 0 Å². The molecule has 3 heterocycles. The number of aliphatic hydroxyl groups is 1. The maximum absolute atomic E-state index is 12.9. The summed E-state index contributed by atoms with van der Waals surface area (Å²) in [6.45, 7) is 2.61. The van der Waals surface area contributed by atoms with Crippen LogP contribution in [0.5, 0.6) is 0 Å². The van der Waals surface area contributed by atoms with Crippen LogP contribution in [0.15, 0.2) is 47.4 Å². The highest BCUT2D eigenvalue weighted by Crippen LogP contribution is 2.50. The van der Waals surface area contributed by atoms with Crippen molar-refractivity contribution >= 4 is 28.4 Å². The molecule has 7 nitrogen and oxygen atoms in total. The molecule has 3 fully saturated rings. The number of fused-ring (bicyclic) bond motifs is 3. The molecule has 0 amide bonds. The molecule has 1 aromatic carbocycles. The van der Waals surface area contributed by atoms with E-state index in [-0.39, 0.29) is 11.6 Å². The van der Waals surface area contributed by atoms with Crippen molar-refractivity contribution in [3.63, 3.8) is 0 Å². The van der Waals surface area contributed by atoms with Crippen LogP contribution in [0.1, 0.15) is 57.4 Å². The first-order valence-electron chi connectivity index (χ1n) is 13.4. The highest BCUT2D eigenvalue weighted by atomic mass is 16.2. The molecular weight excluding hydrogens is 438 g/mol. The van der Waals surface area contributed by atoms with E-state index in [0.717, 1.165) is 60.9 Å². The van der Waals surface area contributed by atoms with Crippen molar-refractivity contribution < 1.29 is 10.0 Å². The lowest BCUT2D eigenvalue weighted by atomic mass is 9.92. The van der Waals surface area contributed by atoms with Crippen LogP contribution in [-0.2, 0) is 0 Å². The zero-order valence-corrected chi connectivity index (χ0v) is 20.3. The maximum atomic E-state index is 12.9. The molecule has 7 heteroatoms. The van der Waals surface area contributed by atoms with Gasteiger partial charge in [0, 0.05) is 48.1 Å². The number of piperidine rings is 1. The Kier molecular flexibility index (Phi) is 6.29. The SMILES string of the molecule is O=c1ccc2cnc(Nc3ccc([NH+]4CCC(CCCO)CC4)cc3)nc2n1C1CC2CCC1C2. The molecular formula is C28H36N5O2+. The summed E-state index contributed by atoms with van der Waals surface area (Å²) in [6.07, 6.45) is 11.2. The minimum absolute atomic E-state index is 0.0483. The molecule has 1 aliphatic heterocycles. The molecule has 2 aliphatic carbocycles. The number of anilines is 2. The number of hydrogen-bond acceptors (Lipinski definition) is 5. The van der Waals surface area contributed by atoms with Gasteiger partial charge in [0.1, 0.15) is 11.3 Å². The van der Waals surface area contributed by atoms with Gasteiger partial charge in [0.2, 0.25) is 5.95 Å². The van der Waals surface area contributed by atoms with Gasteiger partial charge in [-0.25, -0.2) is 4.98 Å². The Hall–Kier alpha value is -2.77. The molecule has 3 aromatic rings. The average Bonchev–Trinajstić information content (AvgIpc) is 3.52. The third kappa shape index (κ3) is 4.59. The fourth-order valence-corrected chi connectivity index (χ4v) is 6.85. The first-order valence-corrected chi connectivity index (χ1v) is 13.4. The summed E-state index contributed by atoms with van der Waals surface area (Å²) in [4.78, 5) is 23.8. The van der Waals surface area contributed by atoms with Gasteiger partial charge in [-0.05, 0) is 80.9 Å². The van der Waals surface area contributed by atoms with Gasteiger partial charge in [-0.2, -0.15) is 4.98 Å². The molecule has 2 saturated carbocycles. The molecule has 6 rings (SSSR count). The number of rotatable bonds is 7. The van der Waals surface area contributed by atoms with E-state index in [1.165, 1.54) is 42.7 Å². The number of hydrogen-bond donors (Lipinski definition) is 3. The summed E-state index contributed by atoms with van der Waals surface area (Å²) < 4.78 is 1.95. The van der Waals surface area contributed by atoms with Crippen molar-refractivity contribution in [2.24, 2.45) is 17.8 Å². The van der Waals surface area contributed by atoms with Crippen LogP contribution >= 0.6 is 0 Å². The zero-order chi connectivity index (χ0) is 23.8. The monoisotopic (exact) mass is 474 g/mol. The normalized spacial score (nSPS) is 28.0. The van der Waals surface area contributed by atoms with Crippen LogP contribution in [-0.4, -0.2) is 39.3 Å². The Morgan fingerprint density at radius 1 is 1.03 bits per heavy atom. The van der Waals surface area contributed by atoms with Gasteiger partial charge in [-0.1, -0.05) is 6.42 Å². The quantitative estimate of drug-likeness (QED) is 0.487. The summed E-state index contributed by atoms with van der Waals surface area (Å²) in [5.74, 6) is 2.65. The Balaban J connectivity index is 1.17. The lowest BCUT2D eigenvalue weighted by Gasteiger charge is -2.29. The molecule has 0 spiro atoms. The van der Waals surface area contributed by atoms with Crippen LogP contribution in [0.4, 0.5) is 17.3 Å². The third-order valence-electron chi connectivity index (χ3n) is 8.73. The summed E-state index contributed by atoms with van der Waals surface area (Å²) >= 11 is 0. The lowest BCUT2D eigenvalue weighted by molar-refractivity contribution is -0.840. The smallest absolute Gasteiger partial charge is 0.252 e. The van der Waals surface area contributed by atoms with Gasteiger partial charge in [-0.3, -0.25) is 9.36 Å². The van der Waals surface area contributed by atoms with Crippen LogP contribution in [0.25, 0.3) is 11.0 Å². The van der Waals surface area contributed by atoms with E-state index in [1.807, 2.05) is 16.8 Å². The number of aromatic nitrogens is 3. The van der Waals surface area contributed by atoms with Gasteiger partial charge < -0.3 is 15.3 Å². The third-order valence-corrected chi connectivity index (χ3v) is 8.73. The van der Waals surface area contributed by atoms with Crippen LogP contribution < -0.4 is 15.8 Å². The number of quaternary nitrogens is 1. The van der Waals surface area contributed by atoms with Gasteiger partial charge in [0.25, 0.3) is 5.56 Å². The Morgan fingerprint density at radius 2 is 1.86 bits per heavy atom. The van der Waals surface area contributed by atoms with Crippen molar-refractivity contribution in [3.8, 4) is 0 Å². The largest absolute Gasteiger partial charge is 0.396 e. The van der Waals surface area contributed by atoms with E-state index < -0.39 is 0 Å². The van der Waals surface area contributed by atoms with Gasteiger partial charge >= 0.3 is 0 Å². The Morgan fingerprint density at radius 3 is 2.57 bits per heavy atom. The van der Waals surface area contributed by atoms with E-state index in [2.05, 4.69) is 34.6 Å². The van der Waals surface area contributed by atoms with Crippen molar-refractivity contribution in [2.75, 3.05) is 25.0 Å². The fourth-order valence-electron chi connectivity index (χ4n) is 6.85. The highest BCUT2D eigenvalue weighted by Gasteiger charge is 2.41. The zero-order valence-electron chi connectivity index (χ0n) is 20.3. The van der Waals surface area contributed by atoms with Crippen molar-refractivity contribution in [1.82, 2.24) is 14.5 Å².